The summed E-state index contributed by atoms with van der Waals surface area (Å²) in [4.78, 5) is 26.4. The Labute approximate surface area is 187 Å². The highest BCUT2D eigenvalue weighted by Crippen LogP contribution is 2.26. The molecule has 166 valence electrons. The summed E-state index contributed by atoms with van der Waals surface area (Å²) < 4.78 is 17.1. The molecule has 8 heteroatoms. The first-order valence-electron chi connectivity index (χ1n) is 10.1. The molecule has 1 heterocycles. The van der Waals surface area contributed by atoms with Crippen molar-refractivity contribution in [2.24, 2.45) is 5.73 Å². The van der Waals surface area contributed by atoms with E-state index in [4.69, 9.17) is 31.5 Å². The zero-order chi connectivity index (χ0) is 22.3. The maximum Gasteiger partial charge on any atom is 0.223 e. The summed E-state index contributed by atoms with van der Waals surface area (Å²) in [7, 11) is 1.61. The molecule has 2 amide bonds. The fourth-order valence-corrected chi connectivity index (χ4v) is 3.80. The molecule has 1 atom stereocenters. The van der Waals surface area contributed by atoms with Gasteiger partial charge in [0.1, 0.15) is 23.7 Å². The Morgan fingerprint density at radius 2 is 1.94 bits per heavy atom. The predicted molar refractivity (Wildman–Crippen MR) is 117 cm³/mol. The van der Waals surface area contributed by atoms with Gasteiger partial charge in [-0.25, -0.2) is 0 Å². The quantitative estimate of drug-likeness (QED) is 0.639. The second-order valence-electron chi connectivity index (χ2n) is 7.54. The van der Waals surface area contributed by atoms with Crippen LogP contribution in [0, 0.1) is 0 Å². The van der Waals surface area contributed by atoms with Crippen molar-refractivity contribution in [2.45, 2.75) is 24.9 Å². The molecule has 2 aromatic rings. The van der Waals surface area contributed by atoms with Crippen LogP contribution in [0.1, 0.15) is 18.4 Å². The van der Waals surface area contributed by atoms with Gasteiger partial charge >= 0.3 is 0 Å². The molecule has 1 aliphatic rings. The maximum absolute atomic E-state index is 12.9. The van der Waals surface area contributed by atoms with Gasteiger partial charge in [0.2, 0.25) is 11.8 Å². The van der Waals surface area contributed by atoms with Gasteiger partial charge in [0.15, 0.2) is 0 Å². The van der Waals surface area contributed by atoms with E-state index in [1.54, 1.807) is 36.3 Å². The van der Waals surface area contributed by atoms with Crippen LogP contribution in [0.25, 0.3) is 0 Å². The fourth-order valence-electron chi connectivity index (χ4n) is 3.68. The van der Waals surface area contributed by atoms with Crippen LogP contribution in [0.4, 0.5) is 0 Å². The van der Waals surface area contributed by atoms with Crippen LogP contribution in [0.5, 0.6) is 11.5 Å². The second kappa shape index (κ2) is 10.5. The number of methoxy groups -OCH3 is 1. The van der Waals surface area contributed by atoms with E-state index < -0.39 is 11.5 Å². The first kappa shape index (κ1) is 22.9. The van der Waals surface area contributed by atoms with E-state index in [1.807, 2.05) is 24.3 Å². The summed E-state index contributed by atoms with van der Waals surface area (Å²) in [5.74, 6) is 0.825. The van der Waals surface area contributed by atoms with Gasteiger partial charge in [-0.15, -0.1) is 0 Å². The van der Waals surface area contributed by atoms with E-state index in [0.717, 1.165) is 11.3 Å². The first-order chi connectivity index (χ1) is 14.9. The van der Waals surface area contributed by atoms with Crippen molar-refractivity contribution in [3.8, 4) is 11.5 Å². The number of primary amides is 1. The van der Waals surface area contributed by atoms with Crippen molar-refractivity contribution >= 4 is 23.4 Å². The molecule has 1 fully saturated rings. The van der Waals surface area contributed by atoms with Gasteiger partial charge in [-0.1, -0.05) is 29.8 Å². The minimum atomic E-state index is -0.996. The normalized spacial score (nSPS) is 18.5. The smallest absolute Gasteiger partial charge is 0.223 e. The molecule has 7 nitrogen and oxygen atoms in total. The molecule has 0 aromatic heterocycles. The molecule has 2 N–H and O–H groups in total. The number of aryl methyl sites for hydroxylation is 1. The number of carbonyl (C=O) groups excluding carboxylic acids is 2. The number of hydrogen-bond acceptors (Lipinski definition) is 5. The van der Waals surface area contributed by atoms with Crippen molar-refractivity contribution in [1.29, 1.82) is 0 Å². The number of rotatable bonds is 9. The molecule has 0 unspecified atom stereocenters. The first-order valence-corrected chi connectivity index (χ1v) is 10.5. The zero-order valence-corrected chi connectivity index (χ0v) is 18.3. The van der Waals surface area contributed by atoms with E-state index >= 15 is 0 Å². The SMILES string of the molecule is COc1ccccc1CCC(=O)N1CCO[C@@](COc2ccc(Cl)cc2)(CC(N)=O)C1. The number of hydrogen-bond donors (Lipinski definition) is 1. The average Bonchev–Trinajstić information content (AvgIpc) is 2.77. The highest BCUT2D eigenvalue weighted by atomic mass is 35.5. The van der Waals surface area contributed by atoms with Crippen LogP contribution in [-0.2, 0) is 20.7 Å². The summed E-state index contributed by atoms with van der Waals surface area (Å²) in [6.07, 6.45) is 0.840. The molecule has 3 rings (SSSR count). The fraction of sp³-hybridized carbons (Fsp3) is 0.391. The van der Waals surface area contributed by atoms with Crippen molar-refractivity contribution in [3.63, 3.8) is 0 Å². The van der Waals surface area contributed by atoms with E-state index in [-0.39, 0.29) is 25.5 Å². The number of carbonyl (C=O) groups is 2. The lowest BCUT2D eigenvalue weighted by Gasteiger charge is -2.42. The van der Waals surface area contributed by atoms with Crippen LogP contribution in [0.15, 0.2) is 48.5 Å². The van der Waals surface area contributed by atoms with Gasteiger partial charge in [-0.05, 0) is 42.3 Å². The molecule has 1 aliphatic heterocycles. The molecule has 1 saturated heterocycles. The van der Waals surface area contributed by atoms with Crippen molar-refractivity contribution < 1.29 is 23.8 Å². The topological polar surface area (TPSA) is 91.1 Å². The number of para-hydroxylation sites is 1. The number of nitrogens with two attached hydrogens (primary N) is 1. The number of nitrogens with zero attached hydrogens (tertiary/aromatic N) is 1. The molecule has 31 heavy (non-hydrogen) atoms. The molecule has 0 bridgehead atoms. The van der Waals surface area contributed by atoms with Gasteiger partial charge in [-0.2, -0.15) is 0 Å². The van der Waals surface area contributed by atoms with Crippen LogP contribution < -0.4 is 15.2 Å². The minimum Gasteiger partial charge on any atom is -0.496 e. The Bertz CT molecular complexity index is 905. The largest absolute Gasteiger partial charge is 0.496 e. The lowest BCUT2D eigenvalue weighted by atomic mass is 9.97. The van der Waals surface area contributed by atoms with Crippen LogP contribution in [0.2, 0.25) is 5.02 Å². The van der Waals surface area contributed by atoms with Gasteiger partial charge in [0, 0.05) is 18.0 Å². The van der Waals surface area contributed by atoms with Crippen molar-refractivity contribution in [1.82, 2.24) is 4.90 Å². The molecule has 0 saturated carbocycles. The van der Waals surface area contributed by atoms with Gasteiger partial charge in [-0.3, -0.25) is 9.59 Å². The molecular formula is C23H27ClN2O5. The van der Waals surface area contributed by atoms with Crippen LogP contribution in [0.3, 0.4) is 0 Å². The summed E-state index contributed by atoms with van der Waals surface area (Å²) in [5, 5.41) is 0.597. The highest BCUT2D eigenvalue weighted by molar-refractivity contribution is 6.30. The van der Waals surface area contributed by atoms with E-state index in [1.165, 1.54) is 0 Å². The average molecular weight is 447 g/mol. The third kappa shape index (κ3) is 6.35. The van der Waals surface area contributed by atoms with Crippen LogP contribution in [-0.4, -0.2) is 55.7 Å². The maximum atomic E-state index is 12.9. The minimum absolute atomic E-state index is 0.0189. The predicted octanol–water partition coefficient (Wildman–Crippen LogP) is 2.83. The van der Waals surface area contributed by atoms with Crippen LogP contribution >= 0.6 is 11.6 Å². The molecule has 0 aliphatic carbocycles. The Morgan fingerprint density at radius 1 is 1.19 bits per heavy atom. The Morgan fingerprint density at radius 3 is 2.65 bits per heavy atom. The number of halogens is 1. The monoisotopic (exact) mass is 446 g/mol. The Balaban J connectivity index is 1.65. The second-order valence-corrected chi connectivity index (χ2v) is 7.98. The summed E-state index contributed by atoms with van der Waals surface area (Å²) in [6.45, 7) is 1.08. The van der Waals surface area contributed by atoms with Gasteiger partial charge in [0.05, 0.1) is 26.7 Å². The zero-order valence-electron chi connectivity index (χ0n) is 17.5. The number of amides is 2. The van der Waals surface area contributed by atoms with E-state index in [2.05, 4.69) is 0 Å². The molecule has 0 radical (unpaired) electrons. The lowest BCUT2D eigenvalue weighted by molar-refractivity contribution is -0.161. The lowest BCUT2D eigenvalue weighted by Crippen LogP contribution is -2.58. The number of benzene rings is 2. The standard InChI is InChI=1S/C23H27ClN2O5/c1-29-20-5-3-2-4-17(20)6-11-22(28)26-12-13-31-23(15-26,14-21(25)27)16-30-19-9-7-18(24)8-10-19/h2-5,7-10H,6,11-16H2,1H3,(H2,25,27)/t23-/m0/s1. The van der Waals surface area contributed by atoms with E-state index in [0.29, 0.717) is 36.8 Å². The van der Waals surface area contributed by atoms with E-state index in [9.17, 15) is 9.59 Å². The Kier molecular flexibility index (Phi) is 7.76. The number of ether oxygens (including phenoxy) is 3. The summed E-state index contributed by atoms with van der Waals surface area (Å²) in [6, 6.07) is 14.5. The van der Waals surface area contributed by atoms with Crippen molar-refractivity contribution in [3.05, 3.63) is 59.1 Å². The van der Waals surface area contributed by atoms with Gasteiger partial charge < -0.3 is 24.8 Å². The third-order valence-corrected chi connectivity index (χ3v) is 5.47. The van der Waals surface area contributed by atoms with Crippen molar-refractivity contribution in [2.75, 3.05) is 33.4 Å². The summed E-state index contributed by atoms with van der Waals surface area (Å²) >= 11 is 5.91. The summed E-state index contributed by atoms with van der Waals surface area (Å²) in [5.41, 5.74) is 5.45. The third-order valence-electron chi connectivity index (χ3n) is 5.21. The number of morpholine rings is 1. The molecule has 0 spiro atoms. The molecule has 2 aromatic carbocycles. The highest BCUT2D eigenvalue weighted by Gasteiger charge is 2.40. The Hall–Kier alpha value is -2.77. The van der Waals surface area contributed by atoms with Gasteiger partial charge in [0.25, 0.3) is 0 Å². The molecular weight excluding hydrogens is 420 g/mol.